The number of carbonyl (C=O) groups excluding carboxylic acids is 1. The molecule has 1 saturated heterocycles. The molecule has 26 heavy (non-hydrogen) atoms. The molecule has 1 aromatic carbocycles. The first-order chi connectivity index (χ1) is 12.6. The number of hydrogen-bond donors (Lipinski definition) is 0. The van der Waals surface area contributed by atoms with Gasteiger partial charge in [-0.05, 0) is 31.0 Å². The number of amides is 1. The number of nitrogens with zero attached hydrogens (tertiary/aromatic N) is 4. The SMILES string of the molecule is Cc1nc2c(C)cccn2c1C(=O)N1CCN(Cc2ccccc2)CC1. The molecule has 134 valence electrons. The Morgan fingerprint density at radius 1 is 1.00 bits per heavy atom. The summed E-state index contributed by atoms with van der Waals surface area (Å²) in [5.41, 5.74) is 4.77. The van der Waals surface area contributed by atoms with Crippen LogP contribution in [-0.2, 0) is 6.54 Å². The zero-order chi connectivity index (χ0) is 18.1. The Morgan fingerprint density at radius 3 is 2.46 bits per heavy atom. The third kappa shape index (κ3) is 3.10. The maximum Gasteiger partial charge on any atom is 0.272 e. The van der Waals surface area contributed by atoms with E-state index in [4.69, 9.17) is 0 Å². The van der Waals surface area contributed by atoms with E-state index < -0.39 is 0 Å². The van der Waals surface area contributed by atoms with Gasteiger partial charge in [-0.15, -0.1) is 0 Å². The van der Waals surface area contributed by atoms with Gasteiger partial charge in [-0.25, -0.2) is 4.98 Å². The fraction of sp³-hybridized carbons (Fsp3) is 0.333. The summed E-state index contributed by atoms with van der Waals surface area (Å²) >= 11 is 0. The van der Waals surface area contributed by atoms with Gasteiger partial charge in [0.15, 0.2) is 0 Å². The van der Waals surface area contributed by atoms with Gasteiger partial charge < -0.3 is 4.90 Å². The van der Waals surface area contributed by atoms with E-state index in [0.29, 0.717) is 5.69 Å². The second kappa shape index (κ2) is 6.92. The predicted octanol–water partition coefficient (Wildman–Crippen LogP) is 2.91. The largest absolute Gasteiger partial charge is 0.335 e. The molecule has 0 bridgehead atoms. The van der Waals surface area contributed by atoms with Gasteiger partial charge in [0.2, 0.25) is 0 Å². The van der Waals surface area contributed by atoms with Crippen molar-refractivity contribution in [1.82, 2.24) is 19.2 Å². The molecule has 4 rings (SSSR count). The van der Waals surface area contributed by atoms with Crippen LogP contribution < -0.4 is 0 Å². The molecule has 0 radical (unpaired) electrons. The highest BCUT2D eigenvalue weighted by Gasteiger charge is 2.26. The lowest BCUT2D eigenvalue weighted by atomic mass is 10.2. The van der Waals surface area contributed by atoms with Crippen LogP contribution in [0.5, 0.6) is 0 Å². The number of aromatic nitrogens is 2. The number of carbonyl (C=O) groups is 1. The summed E-state index contributed by atoms with van der Waals surface area (Å²) in [5.74, 6) is 0.0833. The molecular weight excluding hydrogens is 324 g/mol. The van der Waals surface area contributed by atoms with Crippen LogP contribution in [0, 0.1) is 13.8 Å². The fourth-order valence-corrected chi connectivity index (χ4v) is 3.68. The van der Waals surface area contributed by atoms with Gasteiger partial charge in [0.25, 0.3) is 5.91 Å². The normalized spacial score (nSPS) is 15.5. The van der Waals surface area contributed by atoms with Crippen LogP contribution in [0.15, 0.2) is 48.7 Å². The Kier molecular flexibility index (Phi) is 4.47. The molecule has 0 unspecified atom stereocenters. The van der Waals surface area contributed by atoms with E-state index in [0.717, 1.165) is 49.6 Å². The molecule has 1 aliphatic rings. The zero-order valence-electron chi connectivity index (χ0n) is 15.4. The summed E-state index contributed by atoms with van der Waals surface area (Å²) in [6, 6.07) is 14.5. The van der Waals surface area contributed by atoms with Crippen molar-refractivity contribution in [3.63, 3.8) is 0 Å². The molecule has 5 heteroatoms. The minimum Gasteiger partial charge on any atom is -0.335 e. The minimum absolute atomic E-state index is 0.0833. The van der Waals surface area contributed by atoms with Crippen molar-refractivity contribution in [2.24, 2.45) is 0 Å². The molecule has 5 nitrogen and oxygen atoms in total. The summed E-state index contributed by atoms with van der Waals surface area (Å²) in [6.07, 6.45) is 1.93. The van der Waals surface area contributed by atoms with E-state index in [1.54, 1.807) is 0 Å². The predicted molar refractivity (Wildman–Crippen MR) is 102 cm³/mol. The molecule has 0 aliphatic carbocycles. The number of aryl methyl sites for hydroxylation is 2. The van der Waals surface area contributed by atoms with Crippen molar-refractivity contribution in [3.8, 4) is 0 Å². The van der Waals surface area contributed by atoms with Gasteiger partial charge in [0, 0.05) is 38.9 Å². The average molecular weight is 348 g/mol. The van der Waals surface area contributed by atoms with Crippen LogP contribution >= 0.6 is 0 Å². The second-order valence-electron chi connectivity index (χ2n) is 6.98. The molecule has 1 amide bonds. The van der Waals surface area contributed by atoms with E-state index in [-0.39, 0.29) is 5.91 Å². The Hall–Kier alpha value is -2.66. The Bertz CT molecular complexity index is 924. The molecular formula is C21H24N4O. The number of hydrogen-bond acceptors (Lipinski definition) is 3. The molecule has 1 fully saturated rings. The smallest absolute Gasteiger partial charge is 0.272 e. The summed E-state index contributed by atoms with van der Waals surface area (Å²) in [6.45, 7) is 8.19. The standard InChI is InChI=1S/C21H24N4O/c1-16-7-6-10-25-19(17(2)22-20(16)25)21(26)24-13-11-23(12-14-24)15-18-8-4-3-5-9-18/h3-10H,11-15H2,1-2H3. The van der Waals surface area contributed by atoms with Crippen LogP contribution in [0.4, 0.5) is 0 Å². The molecule has 0 atom stereocenters. The first-order valence-corrected chi connectivity index (χ1v) is 9.13. The lowest BCUT2D eigenvalue weighted by Gasteiger charge is -2.34. The lowest BCUT2D eigenvalue weighted by Crippen LogP contribution is -2.48. The molecule has 0 saturated carbocycles. The number of benzene rings is 1. The quantitative estimate of drug-likeness (QED) is 0.731. The molecule has 0 N–H and O–H groups in total. The van der Waals surface area contributed by atoms with Gasteiger partial charge >= 0.3 is 0 Å². The van der Waals surface area contributed by atoms with Crippen LogP contribution in [0.1, 0.15) is 27.3 Å². The van der Waals surface area contributed by atoms with Crippen LogP contribution in [0.25, 0.3) is 5.65 Å². The Morgan fingerprint density at radius 2 is 1.73 bits per heavy atom. The first kappa shape index (κ1) is 16.8. The van der Waals surface area contributed by atoms with E-state index in [1.165, 1.54) is 5.56 Å². The van der Waals surface area contributed by atoms with Crippen molar-refractivity contribution in [2.45, 2.75) is 20.4 Å². The molecule has 2 aromatic heterocycles. The molecule has 1 aliphatic heterocycles. The van der Waals surface area contributed by atoms with E-state index in [2.05, 4.69) is 34.1 Å². The number of piperazine rings is 1. The van der Waals surface area contributed by atoms with Crippen LogP contribution in [-0.4, -0.2) is 51.3 Å². The third-order valence-electron chi connectivity index (χ3n) is 5.13. The summed E-state index contributed by atoms with van der Waals surface area (Å²) in [4.78, 5) is 22.1. The number of fused-ring (bicyclic) bond motifs is 1. The van der Waals surface area contributed by atoms with E-state index in [1.807, 2.05) is 47.5 Å². The number of imidazole rings is 1. The number of pyridine rings is 1. The van der Waals surface area contributed by atoms with Crippen molar-refractivity contribution >= 4 is 11.6 Å². The Balaban J connectivity index is 1.47. The topological polar surface area (TPSA) is 40.9 Å². The van der Waals surface area contributed by atoms with Crippen molar-refractivity contribution in [1.29, 1.82) is 0 Å². The zero-order valence-corrected chi connectivity index (χ0v) is 15.4. The summed E-state index contributed by atoms with van der Waals surface area (Å²) < 4.78 is 1.93. The fourth-order valence-electron chi connectivity index (χ4n) is 3.68. The van der Waals surface area contributed by atoms with Crippen molar-refractivity contribution in [2.75, 3.05) is 26.2 Å². The summed E-state index contributed by atoms with van der Waals surface area (Å²) in [7, 11) is 0. The van der Waals surface area contributed by atoms with Gasteiger partial charge in [0.1, 0.15) is 11.3 Å². The van der Waals surface area contributed by atoms with Crippen molar-refractivity contribution < 1.29 is 4.79 Å². The van der Waals surface area contributed by atoms with Gasteiger partial charge in [0.05, 0.1) is 5.69 Å². The lowest BCUT2D eigenvalue weighted by molar-refractivity contribution is 0.0621. The maximum absolute atomic E-state index is 13.1. The minimum atomic E-state index is 0.0833. The van der Waals surface area contributed by atoms with Gasteiger partial charge in [-0.3, -0.25) is 14.1 Å². The van der Waals surface area contributed by atoms with Gasteiger partial charge in [-0.1, -0.05) is 36.4 Å². The van der Waals surface area contributed by atoms with E-state index in [9.17, 15) is 4.79 Å². The molecule has 0 spiro atoms. The van der Waals surface area contributed by atoms with E-state index >= 15 is 0 Å². The first-order valence-electron chi connectivity index (χ1n) is 9.13. The highest BCUT2D eigenvalue weighted by Crippen LogP contribution is 2.18. The Labute approximate surface area is 153 Å². The second-order valence-corrected chi connectivity index (χ2v) is 6.98. The highest BCUT2D eigenvalue weighted by molar-refractivity contribution is 5.95. The molecule has 3 heterocycles. The van der Waals surface area contributed by atoms with Crippen LogP contribution in [0.3, 0.4) is 0 Å². The monoisotopic (exact) mass is 348 g/mol. The number of rotatable bonds is 3. The highest BCUT2D eigenvalue weighted by atomic mass is 16.2. The van der Waals surface area contributed by atoms with Gasteiger partial charge in [-0.2, -0.15) is 0 Å². The average Bonchev–Trinajstić information content (AvgIpc) is 3.00. The van der Waals surface area contributed by atoms with Crippen LogP contribution in [0.2, 0.25) is 0 Å². The van der Waals surface area contributed by atoms with Crippen molar-refractivity contribution in [3.05, 3.63) is 71.2 Å². The third-order valence-corrected chi connectivity index (χ3v) is 5.13. The summed E-state index contributed by atoms with van der Waals surface area (Å²) in [5, 5.41) is 0. The maximum atomic E-state index is 13.1. The molecule has 3 aromatic rings.